The van der Waals surface area contributed by atoms with Gasteiger partial charge in [-0.1, -0.05) is 76.2 Å². The summed E-state index contributed by atoms with van der Waals surface area (Å²) >= 11 is 0. The van der Waals surface area contributed by atoms with Crippen molar-refractivity contribution in [3.63, 3.8) is 0 Å². The van der Waals surface area contributed by atoms with Gasteiger partial charge >= 0.3 is 24.1 Å². The fourth-order valence-electron chi connectivity index (χ4n) is 7.26. The quantitative estimate of drug-likeness (QED) is 0.122. The second-order valence-corrected chi connectivity index (χ2v) is 17.8. The van der Waals surface area contributed by atoms with Crippen molar-refractivity contribution in [3.05, 3.63) is 59.7 Å². The Labute approximate surface area is 342 Å². The summed E-state index contributed by atoms with van der Waals surface area (Å²) in [5.41, 5.74) is 1.17. The highest BCUT2D eigenvalue weighted by Gasteiger charge is 2.38. The number of esters is 2. The number of likely N-dealkylation sites (tertiary alicyclic amines) is 2. The molecule has 4 rings (SSSR count). The lowest BCUT2D eigenvalue weighted by molar-refractivity contribution is -0.151. The number of benzene rings is 2. The van der Waals surface area contributed by atoms with Gasteiger partial charge in [-0.25, -0.2) is 9.59 Å². The highest BCUT2D eigenvalue weighted by Crippen LogP contribution is 2.24. The van der Waals surface area contributed by atoms with E-state index in [1.54, 1.807) is 90.1 Å². The number of rotatable bonds is 15. The minimum Gasteiger partial charge on any atom is -0.456 e. The van der Waals surface area contributed by atoms with Crippen molar-refractivity contribution in [1.29, 1.82) is 0 Å². The molecule has 318 valence electrons. The first-order chi connectivity index (χ1) is 27.1. The first-order valence-electron chi connectivity index (χ1n) is 20.2. The normalized spacial score (nSPS) is 18.7. The lowest BCUT2D eigenvalue weighted by atomic mass is 10.0. The maximum absolute atomic E-state index is 13.2. The van der Waals surface area contributed by atoms with E-state index in [-0.39, 0.29) is 35.5 Å². The number of carbonyl (C=O) groups excluding carboxylic acids is 6. The number of amides is 2. The molecular weight excluding hydrogens is 745 g/mol. The van der Waals surface area contributed by atoms with Crippen LogP contribution in [0.3, 0.4) is 0 Å². The number of nitrogens with one attached hydrogen (secondary N) is 2. The summed E-state index contributed by atoms with van der Waals surface area (Å²) in [6, 6.07) is 12.3. The summed E-state index contributed by atoms with van der Waals surface area (Å²) in [6.45, 7) is 19.8. The molecule has 2 heterocycles. The van der Waals surface area contributed by atoms with E-state index in [9.17, 15) is 28.8 Å². The van der Waals surface area contributed by atoms with E-state index >= 15 is 0 Å². The van der Waals surface area contributed by atoms with Crippen molar-refractivity contribution < 1.29 is 47.7 Å². The van der Waals surface area contributed by atoms with E-state index in [0.717, 1.165) is 11.1 Å². The predicted octanol–water partition coefficient (Wildman–Crippen LogP) is 6.05. The Bertz CT molecular complexity index is 1630. The molecule has 2 aromatic rings. The Morgan fingerprint density at radius 3 is 1.21 bits per heavy atom. The molecule has 0 aromatic heterocycles. The summed E-state index contributed by atoms with van der Waals surface area (Å²) in [6.07, 6.45) is 0.328. The van der Waals surface area contributed by atoms with E-state index in [4.69, 9.17) is 18.9 Å². The van der Waals surface area contributed by atoms with Crippen LogP contribution in [0.5, 0.6) is 0 Å². The molecule has 2 fully saturated rings. The van der Waals surface area contributed by atoms with Crippen LogP contribution < -0.4 is 10.6 Å². The lowest BCUT2D eigenvalue weighted by Gasteiger charge is -2.29. The van der Waals surface area contributed by atoms with Gasteiger partial charge in [-0.15, -0.1) is 0 Å². The van der Waals surface area contributed by atoms with Crippen LogP contribution in [0.15, 0.2) is 48.5 Å². The second-order valence-electron chi connectivity index (χ2n) is 17.8. The number of alkyl carbamates (subject to hydrolysis) is 2. The zero-order chi connectivity index (χ0) is 42.9. The molecule has 2 saturated heterocycles. The molecule has 58 heavy (non-hydrogen) atoms. The highest BCUT2D eigenvalue weighted by molar-refractivity contribution is 5.99. The Morgan fingerprint density at radius 2 is 0.914 bits per heavy atom. The van der Waals surface area contributed by atoms with Crippen molar-refractivity contribution in [2.45, 2.75) is 117 Å². The van der Waals surface area contributed by atoms with E-state index in [1.165, 1.54) is 0 Å². The standard InChI is InChI=1S/C44H62N4O10/c1-27(2)37(47-21-19-33(23-47)45-41(53)57-43(5,6)7)39(51)55-25-35(49)31-15-11-29(12-16-31)30-13-17-32(18-14-30)36(50)26-56-40(52)38(28(3)4)48-22-20-34(24-48)46-42(54)58-44(8,9)10/h11-18,27-28,33-34,37-38H,19-26H2,1-10H3,(H,45,53)(H,46,54)/t33-,34-,37-,38?/m0/s1. The largest absolute Gasteiger partial charge is 0.456 e. The van der Waals surface area contributed by atoms with Gasteiger partial charge in [0.25, 0.3) is 0 Å². The van der Waals surface area contributed by atoms with Crippen LogP contribution in [-0.4, -0.2) is 120 Å². The van der Waals surface area contributed by atoms with Gasteiger partial charge in [0.15, 0.2) is 24.8 Å². The third kappa shape index (κ3) is 13.6. The van der Waals surface area contributed by atoms with Crippen LogP contribution in [0.4, 0.5) is 9.59 Å². The van der Waals surface area contributed by atoms with Crippen LogP contribution >= 0.6 is 0 Å². The molecule has 0 bridgehead atoms. The molecule has 14 nitrogen and oxygen atoms in total. The average molecular weight is 807 g/mol. The lowest BCUT2D eigenvalue weighted by Crippen LogP contribution is -2.47. The summed E-state index contributed by atoms with van der Waals surface area (Å²) in [5.74, 6) is -1.83. The summed E-state index contributed by atoms with van der Waals surface area (Å²) < 4.78 is 21.8. The molecular formula is C44H62N4O10. The van der Waals surface area contributed by atoms with Gasteiger partial charge in [0.2, 0.25) is 0 Å². The van der Waals surface area contributed by atoms with Gasteiger partial charge in [0.1, 0.15) is 23.3 Å². The highest BCUT2D eigenvalue weighted by atomic mass is 16.6. The second kappa shape index (κ2) is 19.8. The number of carbonyl (C=O) groups is 6. The monoisotopic (exact) mass is 806 g/mol. The minimum atomic E-state index is -0.612. The van der Waals surface area contributed by atoms with Crippen molar-refractivity contribution in [2.24, 2.45) is 11.8 Å². The zero-order valence-electron chi connectivity index (χ0n) is 35.7. The maximum Gasteiger partial charge on any atom is 0.407 e. The molecule has 2 N–H and O–H groups in total. The molecule has 0 spiro atoms. The predicted molar refractivity (Wildman–Crippen MR) is 218 cm³/mol. The summed E-state index contributed by atoms with van der Waals surface area (Å²) in [5, 5.41) is 5.75. The van der Waals surface area contributed by atoms with Crippen molar-refractivity contribution >= 4 is 35.7 Å². The third-order valence-corrected chi connectivity index (χ3v) is 9.85. The van der Waals surface area contributed by atoms with Gasteiger partial charge in [-0.2, -0.15) is 0 Å². The number of ether oxygens (including phenoxy) is 4. The third-order valence-electron chi connectivity index (χ3n) is 9.85. The Morgan fingerprint density at radius 1 is 0.586 bits per heavy atom. The van der Waals surface area contributed by atoms with Crippen LogP contribution in [0.25, 0.3) is 11.1 Å². The first kappa shape index (κ1) is 45.9. The minimum absolute atomic E-state index is 0.0816. The number of hydrogen-bond donors (Lipinski definition) is 2. The Kier molecular flexibility index (Phi) is 15.6. The smallest absolute Gasteiger partial charge is 0.407 e. The molecule has 14 heteroatoms. The molecule has 0 radical (unpaired) electrons. The summed E-state index contributed by atoms with van der Waals surface area (Å²) in [4.78, 5) is 80.9. The number of ketones is 2. The molecule has 4 atom stereocenters. The van der Waals surface area contributed by atoms with Crippen molar-refractivity contribution in [1.82, 2.24) is 20.4 Å². The molecule has 0 saturated carbocycles. The summed E-state index contributed by atoms with van der Waals surface area (Å²) in [7, 11) is 0. The average Bonchev–Trinajstić information content (AvgIpc) is 3.77. The number of hydrogen-bond acceptors (Lipinski definition) is 12. The Hall–Kier alpha value is -4.82. The van der Waals surface area contributed by atoms with Gasteiger partial charge in [0.05, 0.1) is 0 Å². The van der Waals surface area contributed by atoms with E-state index in [0.29, 0.717) is 50.1 Å². The van der Waals surface area contributed by atoms with E-state index < -0.39 is 60.6 Å². The maximum atomic E-state index is 13.2. The van der Waals surface area contributed by atoms with E-state index in [2.05, 4.69) is 10.6 Å². The van der Waals surface area contributed by atoms with Crippen LogP contribution in [0.2, 0.25) is 0 Å². The molecule has 1 unspecified atom stereocenters. The van der Waals surface area contributed by atoms with Gasteiger partial charge in [-0.05, 0) is 77.3 Å². The molecule has 2 aliphatic rings. The molecule has 2 amide bonds. The first-order valence-corrected chi connectivity index (χ1v) is 20.2. The van der Waals surface area contributed by atoms with Crippen LogP contribution in [0, 0.1) is 11.8 Å². The van der Waals surface area contributed by atoms with Crippen LogP contribution in [0.1, 0.15) is 103 Å². The molecule has 0 aliphatic carbocycles. The van der Waals surface area contributed by atoms with Gasteiger partial charge in [0, 0.05) is 49.4 Å². The number of nitrogens with zero attached hydrogens (tertiary/aromatic N) is 2. The Balaban J connectivity index is 1.25. The van der Waals surface area contributed by atoms with Crippen molar-refractivity contribution in [2.75, 3.05) is 39.4 Å². The number of Topliss-reactive ketones (excluding diaryl/α,β-unsaturated/α-hetero) is 2. The zero-order valence-corrected chi connectivity index (χ0v) is 35.7. The topological polar surface area (TPSA) is 170 Å². The van der Waals surface area contributed by atoms with Gasteiger partial charge < -0.3 is 29.6 Å². The fraction of sp³-hybridized carbons (Fsp3) is 0.591. The van der Waals surface area contributed by atoms with Crippen LogP contribution in [-0.2, 0) is 28.5 Å². The molecule has 2 aliphatic heterocycles. The van der Waals surface area contributed by atoms with Crippen molar-refractivity contribution in [3.8, 4) is 11.1 Å². The molecule has 2 aromatic carbocycles. The van der Waals surface area contributed by atoms with E-state index in [1.807, 2.05) is 37.5 Å². The van der Waals surface area contributed by atoms with Gasteiger partial charge in [-0.3, -0.25) is 29.0 Å². The SMILES string of the molecule is CC(C)C(C(=O)OCC(=O)c1ccc(-c2ccc(C(=O)COC(=O)[C@H](C(C)C)N3CC[C@H](NC(=O)OC(C)(C)C)C3)cc2)cc1)N1CC[C@H](NC(=O)OC(C)(C)C)C1. The fourth-order valence-corrected chi connectivity index (χ4v) is 7.26.